The summed E-state index contributed by atoms with van der Waals surface area (Å²) in [5.41, 5.74) is 1.30. The lowest BCUT2D eigenvalue weighted by Crippen LogP contribution is -2.37. The van der Waals surface area contributed by atoms with Crippen LogP contribution in [0.4, 0.5) is 0 Å². The third-order valence-electron chi connectivity index (χ3n) is 4.35. The molecule has 0 radical (unpaired) electrons. The summed E-state index contributed by atoms with van der Waals surface area (Å²) in [5.74, 6) is 0.571. The molecule has 3 rings (SSSR count). The summed E-state index contributed by atoms with van der Waals surface area (Å²) in [7, 11) is 0. The molecule has 138 valence electrons. The highest BCUT2D eigenvalue weighted by molar-refractivity contribution is 7.98. The molecule has 1 heterocycles. The smallest absolute Gasteiger partial charge is 0.251 e. The molecule has 2 aromatic rings. The summed E-state index contributed by atoms with van der Waals surface area (Å²) in [5, 5.41) is 4.25. The fourth-order valence-corrected chi connectivity index (χ4v) is 4.16. The largest absolute Gasteiger partial charge is 0.353 e. The van der Waals surface area contributed by atoms with Crippen LogP contribution < -0.4 is 10.9 Å². The molecule has 0 spiro atoms. The van der Waals surface area contributed by atoms with E-state index in [-0.39, 0.29) is 23.9 Å². The maximum atomic E-state index is 12.2. The van der Waals surface area contributed by atoms with Gasteiger partial charge in [-0.15, -0.1) is 0 Å². The molecule has 1 aromatic heterocycles. The van der Waals surface area contributed by atoms with Crippen LogP contribution in [-0.2, 0) is 17.0 Å². The maximum Gasteiger partial charge on any atom is 0.251 e. The van der Waals surface area contributed by atoms with Crippen molar-refractivity contribution in [3.05, 3.63) is 57.0 Å². The van der Waals surface area contributed by atoms with E-state index in [9.17, 15) is 9.59 Å². The van der Waals surface area contributed by atoms with Crippen molar-refractivity contribution in [2.45, 2.75) is 55.5 Å². The van der Waals surface area contributed by atoms with Crippen LogP contribution in [-0.4, -0.2) is 21.9 Å². The van der Waals surface area contributed by atoms with E-state index in [4.69, 9.17) is 11.6 Å². The molecule has 0 saturated heterocycles. The number of thioether (sulfide) groups is 1. The van der Waals surface area contributed by atoms with Crippen molar-refractivity contribution in [3.8, 4) is 0 Å². The molecular formula is C19H22ClN3O2S. The topological polar surface area (TPSA) is 74.8 Å². The molecule has 2 N–H and O–H groups in total. The predicted octanol–water partition coefficient (Wildman–Crippen LogP) is 3.71. The van der Waals surface area contributed by atoms with Crippen molar-refractivity contribution in [1.29, 1.82) is 0 Å². The number of benzene rings is 1. The molecule has 26 heavy (non-hydrogen) atoms. The monoisotopic (exact) mass is 391 g/mol. The third kappa shape index (κ3) is 5.88. The molecule has 1 fully saturated rings. The van der Waals surface area contributed by atoms with Gasteiger partial charge >= 0.3 is 0 Å². The number of carbonyl (C=O) groups is 1. The molecule has 0 bridgehead atoms. The van der Waals surface area contributed by atoms with Crippen molar-refractivity contribution in [3.63, 3.8) is 0 Å². The van der Waals surface area contributed by atoms with Gasteiger partial charge in [0, 0.05) is 22.9 Å². The van der Waals surface area contributed by atoms with Crippen molar-refractivity contribution in [2.24, 2.45) is 0 Å². The summed E-state index contributed by atoms with van der Waals surface area (Å²) in [6.45, 7) is 0. The first kappa shape index (κ1) is 19.0. The highest BCUT2D eigenvalue weighted by Crippen LogP contribution is 2.21. The standard InChI is InChI=1S/C19H22ClN3O2S/c20-14-6-4-5-13(9-14)12-26-19-22-16(11-18(25)23-19)10-17(24)21-15-7-2-1-3-8-15/h4-6,9,11,15H,1-3,7-8,10,12H2,(H,21,24)(H,22,23,25). The highest BCUT2D eigenvalue weighted by Gasteiger charge is 2.16. The van der Waals surface area contributed by atoms with Crippen LogP contribution in [0.15, 0.2) is 40.3 Å². The van der Waals surface area contributed by atoms with E-state index in [1.165, 1.54) is 37.1 Å². The normalized spacial score (nSPS) is 15.0. The minimum Gasteiger partial charge on any atom is -0.353 e. The third-order valence-corrected chi connectivity index (χ3v) is 5.53. The summed E-state index contributed by atoms with van der Waals surface area (Å²) in [6.07, 6.45) is 5.78. The summed E-state index contributed by atoms with van der Waals surface area (Å²) in [4.78, 5) is 31.3. The number of aromatic nitrogens is 2. The van der Waals surface area contributed by atoms with Crippen LogP contribution in [0.3, 0.4) is 0 Å². The van der Waals surface area contributed by atoms with Crippen LogP contribution in [0.1, 0.15) is 43.4 Å². The zero-order valence-corrected chi connectivity index (χ0v) is 16.0. The first-order chi connectivity index (χ1) is 12.6. The fraction of sp³-hybridized carbons (Fsp3) is 0.421. The van der Waals surface area contributed by atoms with Gasteiger partial charge in [0.2, 0.25) is 5.91 Å². The lowest BCUT2D eigenvalue weighted by atomic mass is 9.95. The van der Waals surface area contributed by atoms with Crippen LogP contribution in [0.2, 0.25) is 5.02 Å². The number of nitrogens with zero attached hydrogens (tertiary/aromatic N) is 1. The second-order valence-electron chi connectivity index (χ2n) is 6.54. The van der Waals surface area contributed by atoms with E-state index < -0.39 is 0 Å². The second kappa shape index (κ2) is 9.24. The molecule has 0 unspecified atom stereocenters. The Morgan fingerprint density at radius 1 is 1.27 bits per heavy atom. The molecule has 7 heteroatoms. The molecule has 1 saturated carbocycles. The van der Waals surface area contributed by atoms with E-state index in [1.54, 1.807) is 0 Å². The summed E-state index contributed by atoms with van der Waals surface area (Å²) in [6, 6.07) is 9.22. The maximum absolute atomic E-state index is 12.2. The average molecular weight is 392 g/mol. The number of hydrogen-bond donors (Lipinski definition) is 2. The van der Waals surface area contributed by atoms with E-state index in [0.29, 0.717) is 21.6 Å². The Hall–Kier alpha value is -1.79. The van der Waals surface area contributed by atoms with E-state index in [2.05, 4.69) is 15.3 Å². The summed E-state index contributed by atoms with van der Waals surface area (Å²) >= 11 is 7.40. The summed E-state index contributed by atoms with van der Waals surface area (Å²) < 4.78 is 0. The van der Waals surface area contributed by atoms with Gasteiger partial charge < -0.3 is 10.3 Å². The Labute approximate surface area is 162 Å². The first-order valence-corrected chi connectivity index (χ1v) is 10.2. The Morgan fingerprint density at radius 3 is 2.85 bits per heavy atom. The number of aromatic amines is 1. The highest BCUT2D eigenvalue weighted by atomic mass is 35.5. The molecular weight excluding hydrogens is 370 g/mol. The molecule has 1 amide bonds. The van der Waals surface area contributed by atoms with Crippen molar-refractivity contribution in [1.82, 2.24) is 15.3 Å². The Kier molecular flexibility index (Phi) is 6.74. The minimum absolute atomic E-state index is 0.0687. The Balaban J connectivity index is 1.59. The second-order valence-corrected chi connectivity index (χ2v) is 7.94. The Morgan fingerprint density at radius 2 is 2.08 bits per heavy atom. The van der Waals surface area contributed by atoms with Gasteiger partial charge in [-0.3, -0.25) is 9.59 Å². The zero-order chi connectivity index (χ0) is 18.4. The van der Waals surface area contributed by atoms with Gasteiger partial charge in [0.05, 0.1) is 12.1 Å². The number of nitrogens with one attached hydrogen (secondary N) is 2. The van der Waals surface area contributed by atoms with E-state index in [0.717, 1.165) is 18.4 Å². The van der Waals surface area contributed by atoms with Gasteiger partial charge in [0.15, 0.2) is 5.16 Å². The molecule has 1 aromatic carbocycles. The molecule has 5 nitrogen and oxygen atoms in total. The van der Waals surface area contributed by atoms with Crippen LogP contribution in [0, 0.1) is 0 Å². The lowest BCUT2D eigenvalue weighted by molar-refractivity contribution is -0.121. The number of hydrogen-bond acceptors (Lipinski definition) is 4. The minimum atomic E-state index is -0.242. The van der Waals surface area contributed by atoms with Gasteiger partial charge in [-0.1, -0.05) is 54.8 Å². The first-order valence-electron chi connectivity index (χ1n) is 8.85. The molecule has 1 aliphatic carbocycles. The van der Waals surface area contributed by atoms with Gasteiger partial charge in [0.1, 0.15) is 0 Å². The number of halogens is 1. The van der Waals surface area contributed by atoms with Crippen LogP contribution in [0.25, 0.3) is 0 Å². The van der Waals surface area contributed by atoms with Gasteiger partial charge in [-0.25, -0.2) is 4.98 Å². The average Bonchev–Trinajstić information content (AvgIpc) is 2.60. The quantitative estimate of drug-likeness (QED) is 0.581. The Bertz CT molecular complexity index is 818. The fourth-order valence-electron chi connectivity index (χ4n) is 3.11. The molecule has 1 aliphatic rings. The zero-order valence-electron chi connectivity index (χ0n) is 14.5. The number of H-pyrrole nitrogens is 1. The predicted molar refractivity (Wildman–Crippen MR) is 105 cm³/mol. The van der Waals surface area contributed by atoms with Crippen molar-refractivity contribution >= 4 is 29.3 Å². The number of amides is 1. The number of rotatable bonds is 6. The number of carbonyl (C=O) groups excluding carboxylic acids is 1. The van der Waals surface area contributed by atoms with Gasteiger partial charge in [-0.2, -0.15) is 0 Å². The molecule has 0 aliphatic heterocycles. The molecule has 0 atom stereocenters. The van der Waals surface area contributed by atoms with Crippen molar-refractivity contribution < 1.29 is 4.79 Å². The van der Waals surface area contributed by atoms with E-state index in [1.807, 2.05) is 24.3 Å². The van der Waals surface area contributed by atoms with Gasteiger partial charge in [0.25, 0.3) is 5.56 Å². The van der Waals surface area contributed by atoms with Gasteiger partial charge in [-0.05, 0) is 30.5 Å². The SMILES string of the molecule is O=C(Cc1cc(=O)[nH]c(SCc2cccc(Cl)c2)n1)NC1CCCCC1. The lowest BCUT2D eigenvalue weighted by Gasteiger charge is -2.22. The van der Waals surface area contributed by atoms with Crippen LogP contribution >= 0.6 is 23.4 Å². The van der Waals surface area contributed by atoms with Crippen molar-refractivity contribution in [2.75, 3.05) is 0 Å². The van der Waals surface area contributed by atoms with E-state index >= 15 is 0 Å². The van der Waals surface area contributed by atoms with Crippen LogP contribution in [0.5, 0.6) is 0 Å².